The number of halogens is 1. The van der Waals surface area contributed by atoms with Crippen LogP contribution in [0.5, 0.6) is 0 Å². The highest BCUT2D eigenvalue weighted by atomic mass is 35.5. The minimum atomic E-state index is -0.455. The molecular formula is C12H11ClN2O3. The van der Waals surface area contributed by atoms with E-state index < -0.39 is 12.0 Å². The lowest BCUT2D eigenvalue weighted by Crippen LogP contribution is -2.28. The Morgan fingerprint density at radius 3 is 2.78 bits per heavy atom. The van der Waals surface area contributed by atoms with Crippen molar-refractivity contribution in [2.45, 2.75) is 6.92 Å². The summed E-state index contributed by atoms with van der Waals surface area (Å²) < 4.78 is 4.66. The monoisotopic (exact) mass is 266 g/mol. The van der Waals surface area contributed by atoms with Gasteiger partial charge in [0.15, 0.2) is 0 Å². The number of carbonyl (C=O) groups excluding carboxylic acids is 2. The lowest BCUT2D eigenvalue weighted by atomic mass is 10.2. The van der Waals surface area contributed by atoms with Crippen LogP contribution >= 0.6 is 11.6 Å². The van der Waals surface area contributed by atoms with Gasteiger partial charge in [-0.05, 0) is 24.6 Å². The summed E-state index contributed by atoms with van der Waals surface area (Å²) in [4.78, 5) is 22.4. The van der Waals surface area contributed by atoms with Crippen LogP contribution in [0.1, 0.15) is 5.56 Å². The van der Waals surface area contributed by atoms with Crippen molar-refractivity contribution in [2.24, 2.45) is 0 Å². The summed E-state index contributed by atoms with van der Waals surface area (Å²) in [6.45, 7) is 1.96. The van der Waals surface area contributed by atoms with Crippen LogP contribution in [0.15, 0.2) is 30.0 Å². The molecule has 1 aliphatic heterocycles. The lowest BCUT2D eigenvalue weighted by molar-refractivity contribution is -0.134. The second-order valence-corrected chi connectivity index (χ2v) is 4.23. The molecule has 0 aliphatic carbocycles. The van der Waals surface area contributed by atoms with E-state index in [1.165, 1.54) is 6.08 Å². The average Bonchev–Trinajstić information content (AvgIpc) is 2.69. The van der Waals surface area contributed by atoms with E-state index in [-0.39, 0.29) is 6.61 Å². The molecule has 18 heavy (non-hydrogen) atoms. The molecule has 5 nitrogen and oxygen atoms in total. The Morgan fingerprint density at radius 2 is 2.17 bits per heavy atom. The first-order chi connectivity index (χ1) is 8.54. The normalized spacial score (nSPS) is 13.9. The molecule has 0 saturated heterocycles. The van der Waals surface area contributed by atoms with Gasteiger partial charge in [-0.3, -0.25) is 0 Å². The van der Waals surface area contributed by atoms with Gasteiger partial charge in [0.25, 0.3) is 0 Å². The molecule has 0 spiro atoms. The van der Waals surface area contributed by atoms with Gasteiger partial charge in [0.05, 0.1) is 5.70 Å². The molecule has 0 atom stereocenters. The van der Waals surface area contributed by atoms with E-state index in [1.807, 2.05) is 6.92 Å². The lowest BCUT2D eigenvalue weighted by Gasteiger charge is -2.08. The molecule has 6 heteroatoms. The van der Waals surface area contributed by atoms with Crippen molar-refractivity contribution in [1.82, 2.24) is 5.32 Å². The number of amides is 2. The van der Waals surface area contributed by atoms with Crippen LogP contribution in [0.4, 0.5) is 10.5 Å². The van der Waals surface area contributed by atoms with Gasteiger partial charge in [-0.25, -0.2) is 9.59 Å². The summed E-state index contributed by atoms with van der Waals surface area (Å²) in [5, 5.41) is 5.70. The van der Waals surface area contributed by atoms with Gasteiger partial charge in [-0.2, -0.15) is 0 Å². The van der Waals surface area contributed by atoms with Crippen LogP contribution < -0.4 is 10.6 Å². The van der Waals surface area contributed by atoms with Crippen LogP contribution in [0, 0.1) is 6.92 Å². The number of carbonyl (C=O) groups is 2. The molecule has 94 valence electrons. The highest BCUT2D eigenvalue weighted by Gasteiger charge is 2.15. The van der Waals surface area contributed by atoms with Gasteiger partial charge in [-0.1, -0.05) is 17.7 Å². The first kappa shape index (κ1) is 12.4. The van der Waals surface area contributed by atoms with Gasteiger partial charge >= 0.3 is 12.0 Å². The fourth-order valence-electron chi connectivity index (χ4n) is 1.43. The first-order valence-electron chi connectivity index (χ1n) is 5.26. The standard InChI is InChI=1S/C12H11ClN2O3/c1-7-2-3-8(4-10(7)13)14-12(17)15-9-5-11(16)18-6-9/h2-5H,6H2,1H3,(H2,14,15,17). The van der Waals surface area contributed by atoms with Crippen LogP contribution in [-0.4, -0.2) is 18.6 Å². The summed E-state index contributed by atoms with van der Waals surface area (Å²) in [6.07, 6.45) is 1.24. The summed E-state index contributed by atoms with van der Waals surface area (Å²) >= 11 is 5.94. The van der Waals surface area contributed by atoms with E-state index in [2.05, 4.69) is 15.4 Å². The van der Waals surface area contributed by atoms with Crippen LogP contribution in [0.2, 0.25) is 5.02 Å². The minimum Gasteiger partial charge on any atom is -0.456 e. The molecule has 1 aliphatic rings. The number of hydrogen-bond acceptors (Lipinski definition) is 3. The van der Waals surface area contributed by atoms with Gasteiger partial charge in [0, 0.05) is 16.8 Å². The van der Waals surface area contributed by atoms with E-state index in [0.717, 1.165) is 5.56 Å². The zero-order valence-electron chi connectivity index (χ0n) is 9.62. The third-order valence-corrected chi connectivity index (χ3v) is 2.77. The molecule has 0 fully saturated rings. The number of ether oxygens (including phenoxy) is 1. The molecule has 2 amide bonds. The summed E-state index contributed by atoms with van der Waals surface area (Å²) in [5.41, 5.74) is 1.93. The number of anilines is 1. The van der Waals surface area contributed by atoms with E-state index in [4.69, 9.17) is 11.6 Å². The molecule has 0 bridgehead atoms. The predicted molar refractivity (Wildman–Crippen MR) is 67.4 cm³/mol. The van der Waals surface area contributed by atoms with Crippen LogP contribution in [-0.2, 0) is 9.53 Å². The SMILES string of the molecule is Cc1ccc(NC(=O)NC2=CC(=O)OC2)cc1Cl. The maximum Gasteiger partial charge on any atom is 0.333 e. The van der Waals surface area contributed by atoms with Gasteiger partial charge < -0.3 is 15.4 Å². The van der Waals surface area contributed by atoms with Crippen LogP contribution in [0.3, 0.4) is 0 Å². The number of urea groups is 1. The van der Waals surface area contributed by atoms with E-state index >= 15 is 0 Å². The fourth-order valence-corrected chi connectivity index (χ4v) is 1.61. The van der Waals surface area contributed by atoms with Crippen molar-refractivity contribution in [1.29, 1.82) is 0 Å². The number of benzene rings is 1. The maximum atomic E-state index is 11.6. The van der Waals surface area contributed by atoms with Crippen LogP contribution in [0.25, 0.3) is 0 Å². The predicted octanol–water partition coefficient (Wildman–Crippen LogP) is 2.21. The average molecular weight is 267 g/mol. The minimum absolute atomic E-state index is 0.0842. The third kappa shape index (κ3) is 3.01. The summed E-state index contributed by atoms with van der Waals surface area (Å²) in [6, 6.07) is 4.76. The molecule has 2 N–H and O–H groups in total. The number of aryl methyl sites for hydroxylation is 1. The van der Waals surface area contributed by atoms with Crippen molar-refractivity contribution in [2.75, 3.05) is 11.9 Å². The van der Waals surface area contributed by atoms with Gasteiger partial charge in [-0.15, -0.1) is 0 Å². The Hall–Kier alpha value is -2.01. The molecule has 0 saturated carbocycles. The van der Waals surface area contributed by atoms with E-state index in [9.17, 15) is 9.59 Å². The fraction of sp³-hybridized carbons (Fsp3) is 0.167. The number of nitrogens with one attached hydrogen (secondary N) is 2. The molecule has 2 rings (SSSR count). The molecule has 1 heterocycles. The largest absolute Gasteiger partial charge is 0.456 e. The molecule has 1 aromatic carbocycles. The Bertz CT molecular complexity index is 540. The smallest absolute Gasteiger partial charge is 0.333 e. The van der Waals surface area contributed by atoms with Crippen molar-refractivity contribution < 1.29 is 14.3 Å². The second kappa shape index (κ2) is 5.10. The van der Waals surface area contributed by atoms with E-state index in [0.29, 0.717) is 16.4 Å². The Kier molecular flexibility index (Phi) is 3.53. The summed E-state index contributed by atoms with van der Waals surface area (Å²) in [5.74, 6) is -0.455. The zero-order valence-corrected chi connectivity index (χ0v) is 10.4. The maximum absolute atomic E-state index is 11.6. The van der Waals surface area contributed by atoms with Gasteiger partial charge in [0.1, 0.15) is 6.61 Å². The van der Waals surface area contributed by atoms with Crippen molar-refractivity contribution >= 4 is 29.3 Å². The second-order valence-electron chi connectivity index (χ2n) is 3.82. The zero-order chi connectivity index (χ0) is 13.1. The Labute approximate surface area is 109 Å². The van der Waals surface area contributed by atoms with E-state index in [1.54, 1.807) is 18.2 Å². The number of esters is 1. The number of rotatable bonds is 2. The molecule has 0 aromatic heterocycles. The topological polar surface area (TPSA) is 67.4 Å². The van der Waals surface area contributed by atoms with Crippen molar-refractivity contribution in [3.8, 4) is 0 Å². The Balaban J connectivity index is 1.97. The first-order valence-corrected chi connectivity index (χ1v) is 5.64. The molecule has 0 unspecified atom stereocenters. The van der Waals surface area contributed by atoms with Crippen molar-refractivity contribution in [3.05, 3.63) is 40.6 Å². The Morgan fingerprint density at radius 1 is 1.39 bits per heavy atom. The quantitative estimate of drug-likeness (QED) is 0.807. The molecule has 0 radical (unpaired) electrons. The third-order valence-electron chi connectivity index (χ3n) is 2.37. The number of hydrogen-bond donors (Lipinski definition) is 2. The highest BCUT2D eigenvalue weighted by molar-refractivity contribution is 6.31. The summed E-state index contributed by atoms with van der Waals surface area (Å²) in [7, 11) is 0. The number of cyclic esters (lactones) is 1. The molecule has 1 aromatic rings. The molecular weight excluding hydrogens is 256 g/mol. The highest BCUT2D eigenvalue weighted by Crippen LogP contribution is 2.19. The van der Waals surface area contributed by atoms with Crippen molar-refractivity contribution in [3.63, 3.8) is 0 Å². The van der Waals surface area contributed by atoms with Gasteiger partial charge in [0.2, 0.25) is 0 Å².